The van der Waals surface area contributed by atoms with Gasteiger partial charge in [-0.1, -0.05) is 12.1 Å². The summed E-state index contributed by atoms with van der Waals surface area (Å²) < 4.78 is 0. The molecular formula is C9H10N4O3S. The molecule has 0 atom stereocenters. The predicted octanol–water partition coefficient (Wildman–Crippen LogP) is 0.381. The van der Waals surface area contributed by atoms with Crippen LogP contribution in [-0.4, -0.2) is 15.9 Å². The minimum Gasteiger partial charge on any atom is -0.375 e. The number of hydrogen-bond donors (Lipinski definition) is 3. The molecule has 0 fully saturated rings. The minimum atomic E-state index is -0.673. The topological polar surface area (TPSA) is 110 Å². The molecule has 0 aliphatic heterocycles. The Bertz CT molecular complexity index is 489. The molecule has 1 amide bonds. The maximum absolute atomic E-state index is 11.6. The van der Waals surface area contributed by atoms with Gasteiger partial charge in [0.1, 0.15) is 5.56 Å². The van der Waals surface area contributed by atoms with Crippen LogP contribution in [0, 0.1) is 17.0 Å². The average molecular weight is 254 g/mol. The molecule has 1 aromatic carbocycles. The van der Waals surface area contributed by atoms with E-state index in [-0.39, 0.29) is 16.4 Å². The number of thiocarbonyl (C=S) groups is 1. The van der Waals surface area contributed by atoms with Gasteiger partial charge in [0.15, 0.2) is 5.11 Å². The zero-order valence-corrected chi connectivity index (χ0v) is 9.71. The number of nitrogens with one attached hydrogen (secondary N) is 2. The van der Waals surface area contributed by atoms with Crippen molar-refractivity contribution in [1.29, 1.82) is 0 Å². The van der Waals surface area contributed by atoms with Crippen LogP contribution >= 0.6 is 12.2 Å². The highest BCUT2D eigenvalue weighted by Crippen LogP contribution is 2.22. The van der Waals surface area contributed by atoms with Gasteiger partial charge in [0.2, 0.25) is 0 Å². The van der Waals surface area contributed by atoms with Gasteiger partial charge >= 0.3 is 0 Å². The molecule has 0 heterocycles. The van der Waals surface area contributed by atoms with E-state index < -0.39 is 10.8 Å². The van der Waals surface area contributed by atoms with Gasteiger partial charge in [-0.3, -0.25) is 25.8 Å². The van der Waals surface area contributed by atoms with Crippen LogP contribution in [0.3, 0.4) is 0 Å². The van der Waals surface area contributed by atoms with E-state index in [4.69, 9.17) is 5.73 Å². The Kier molecular flexibility index (Phi) is 3.94. The van der Waals surface area contributed by atoms with Gasteiger partial charge in [-0.25, -0.2) is 0 Å². The summed E-state index contributed by atoms with van der Waals surface area (Å²) in [6.07, 6.45) is 0. The number of hydrazine groups is 1. The van der Waals surface area contributed by atoms with E-state index in [1.54, 1.807) is 19.1 Å². The van der Waals surface area contributed by atoms with Crippen LogP contribution in [0.25, 0.3) is 0 Å². The second-order valence-electron chi connectivity index (χ2n) is 3.17. The van der Waals surface area contributed by atoms with E-state index in [0.29, 0.717) is 5.56 Å². The highest BCUT2D eigenvalue weighted by Gasteiger charge is 2.22. The SMILES string of the molecule is Cc1cccc(C(=O)NNC(N)=S)c1[N+](=O)[O-]. The highest BCUT2D eigenvalue weighted by atomic mass is 32.1. The van der Waals surface area contributed by atoms with E-state index in [9.17, 15) is 14.9 Å². The van der Waals surface area contributed by atoms with Crippen molar-refractivity contribution in [2.24, 2.45) is 5.73 Å². The van der Waals surface area contributed by atoms with E-state index in [2.05, 4.69) is 23.1 Å². The standard InChI is InChI=1S/C9H10N4O3S/c1-5-3-2-4-6(7(5)13(15)16)8(14)11-12-9(10)17/h2-4H,1H3,(H,11,14)(H3,10,12,17). The predicted molar refractivity (Wildman–Crippen MR) is 65.2 cm³/mol. The van der Waals surface area contributed by atoms with Gasteiger partial charge in [-0.2, -0.15) is 0 Å². The van der Waals surface area contributed by atoms with Crippen LogP contribution in [-0.2, 0) is 0 Å². The first-order chi connectivity index (χ1) is 7.93. The number of nitrogens with zero attached hydrogens (tertiary/aromatic N) is 1. The summed E-state index contributed by atoms with van der Waals surface area (Å²) in [5, 5.41) is 10.7. The molecule has 0 unspecified atom stereocenters. The second kappa shape index (κ2) is 5.21. The van der Waals surface area contributed by atoms with Gasteiger partial charge in [0, 0.05) is 5.56 Å². The zero-order valence-electron chi connectivity index (χ0n) is 8.89. The van der Waals surface area contributed by atoms with Crippen molar-refractivity contribution in [1.82, 2.24) is 10.9 Å². The Balaban J connectivity index is 3.05. The summed E-state index contributed by atoms with van der Waals surface area (Å²) in [5.74, 6) is -0.673. The summed E-state index contributed by atoms with van der Waals surface area (Å²) >= 11 is 4.49. The van der Waals surface area contributed by atoms with Crippen molar-refractivity contribution in [3.05, 3.63) is 39.4 Å². The lowest BCUT2D eigenvalue weighted by Gasteiger charge is -2.07. The molecule has 0 spiro atoms. The molecular weight excluding hydrogens is 244 g/mol. The lowest BCUT2D eigenvalue weighted by Crippen LogP contribution is -2.44. The molecule has 0 aliphatic rings. The van der Waals surface area contributed by atoms with Gasteiger partial charge < -0.3 is 5.73 Å². The molecule has 90 valence electrons. The number of nitro benzene ring substituents is 1. The third-order valence-electron chi connectivity index (χ3n) is 1.96. The van der Waals surface area contributed by atoms with E-state index in [1.807, 2.05) is 0 Å². The quantitative estimate of drug-likeness (QED) is 0.400. The van der Waals surface area contributed by atoms with Gasteiger partial charge in [-0.05, 0) is 25.2 Å². The van der Waals surface area contributed by atoms with Crippen LogP contribution < -0.4 is 16.6 Å². The number of nitro groups is 1. The van der Waals surface area contributed by atoms with Crippen LogP contribution in [0.2, 0.25) is 0 Å². The molecule has 0 aliphatic carbocycles. The van der Waals surface area contributed by atoms with Gasteiger partial charge in [-0.15, -0.1) is 0 Å². The minimum absolute atomic E-state index is 0.0567. The van der Waals surface area contributed by atoms with Crippen molar-refractivity contribution in [3.63, 3.8) is 0 Å². The Labute approximate surface area is 102 Å². The lowest BCUT2D eigenvalue weighted by atomic mass is 10.1. The summed E-state index contributed by atoms with van der Waals surface area (Å²) in [5.41, 5.74) is 9.60. The van der Waals surface area contributed by atoms with Crippen molar-refractivity contribution >= 4 is 28.9 Å². The summed E-state index contributed by atoms with van der Waals surface area (Å²) in [6.45, 7) is 1.55. The van der Waals surface area contributed by atoms with Crippen molar-refractivity contribution < 1.29 is 9.72 Å². The molecule has 17 heavy (non-hydrogen) atoms. The summed E-state index contributed by atoms with van der Waals surface area (Å²) in [7, 11) is 0. The van der Waals surface area contributed by atoms with Crippen molar-refractivity contribution in [3.8, 4) is 0 Å². The first-order valence-electron chi connectivity index (χ1n) is 4.53. The molecule has 7 nitrogen and oxygen atoms in total. The Hall–Kier alpha value is -2.22. The highest BCUT2D eigenvalue weighted by molar-refractivity contribution is 7.80. The molecule has 1 rings (SSSR count). The van der Waals surface area contributed by atoms with Crippen LogP contribution in [0.1, 0.15) is 15.9 Å². The number of benzene rings is 1. The van der Waals surface area contributed by atoms with Crippen LogP contribution in [0.5, 0.6) is 0 Å². The zero-order chi connectivity index (χ0) is 13.0. The monoisotopic (exact) mass is 254 g/mol. The summed E-state index contributed by atoms with van der Waals surface area (Å²) in [4.78, 5) is 21.9. The van der Waals surface area contributed by atoms with Crippen LogP contribution in [0.15, 0.2) is 18.2 Å². The number of nitrogens with two attached hydrogens (primary N) is 1. The maximum atomic E-state index is 11.6. The first-order valence-corrected chi connectivity index (χ1v) is 4.94. The lowest BCUT2D eigenvalue weighted by molar-refractivity contribution is -0.385. The van der Waals surface area contributed by atoms with E-state index in [1.165, 1.54) is 6.07 Å². The number of para-hydroxylation sites is 1. The summed E-state index contributed by atoms with van der Waals surface area (Å²) in [6, 6.07) is 4.45. The fourth-order valence-corrected chi connectivity index (χ4v) is 1.32. The third-order valence-corrected chi connectivity index (χ3v) is 2.07. The Morgan fingerprint density at radius 2 is 2.12 bits per heavy atom. The van der Waals surface area contributed by atoms with Gasteiger partial charge in [0.25, 0.3) is 11.6 Å². The van der Waals surface area contributed by atoms with E-state index in [0.717, 1.165) is 0 Å². The van der Waals surface area contributed by atoms with Crippen molar-refractivity contribution in [2.75, 3.05) is 0 Å². The number of aryl methyl sites for hydroxylation is 1. The molecule has 0 radical (unpaired) electrons. The number of carbonyl (C=O) groups is 1. The van der Waals surface area contributed by atoms with Crippen LogP contribution in [0.4, 0.5) is 5.69 Å². The van der Waals surface area contributed by atoms with E-state index >= 15 is 0 Å². The second-order valence-corrected chi connectivity index (χ2v) is 3.61. The molecule has 0 saturated heterocycles. The number of hydrogen-bond acceptors (Lipinski definition) is 4. The largest absolute Gasteiger partial charge is 0.375 e. The maximum Gasteiger partial charge on any atom is 0.285 e. The fourth-order valence-electron chi connectivity index (χ4n) is 1.27. The molecule has 0 aromatic heterocycles. The molecule has 1 aromatic rings. The fraction of sp³-hybridized carbons (Fsp3) is 0.111. The average Bonchev–Trinajstić information content (AvgIpc) is 2.24. The Morgan fingerprint density at radius 1 is 1.47 bits per heavy atom. The number of amides is 1. The smallest absolute Gasteiger partial charge is 0.285 e. The number of rotatable bonds is 2. The van der Waals surface area contributed by atoms with Crippen molar-refractivity contribution in [2.45, 2.75) is 6.92 Å². The van der Waals surface area contributed by atoms with Gasteiger partial charge in [0.05, 0.1) is 4.92 Å². The molecule has 0 saturated carbocycles. The normalized spacial score (nSPS) is 9.47. The third kappa shape index (κ3) is 3.11. The molecule has 8 heteroatoms. The Morgan fingerprint density at radius 3 is 2.65 bits per heavy atom. The number of carbonyl (C=O) groups excluding carboxylic acids is 1. The molecule has 4 N–H and O–H groups in total. The molecule has 0 bridgehead atoms. The first kappa shape index (κ1) is 12.8.